The summed E-state index contributed by atoms with van der Waals surface area (Å²) >= 11 is 0. The second kappa shape index (κ2) is 6.77. The molecule has 7 nitrogen and oxygen atoms in total. The van der Waals surface area contributed by atoms with Crippen molar-refractivity contribution in [1.29, 1.82) is 0 Å². The standard InChI is InChI=1S/C24H20N2O5/c1-26-23(27)16-11-18-20(14-9-12(29-2)5-7-17(14)25-18)21(22(16)24(26)28)15-10-13(30-3)6-8-19(15)31-4/h5-11,25H,1-4H3. The van der Waals surface area contributed by atoms with E-state index in [9.17, 15) is 9.59 Å². The number of ether oxygens (including phenoxy) is 3. The summed E-state index contributed by atoms with van der Waals surface area (Å²) in [5, 5.41) is 1.70. The second-order valence-corrected chi connectivity index (χ2v) is 7.37. The lowest BCUT2D eigenvalue weighted by Gasteiger charge is -2.15. The summed E-state index contributed by atoms with van der Waals surface area (Å²) < 4.78 is 16.5. The fourth-order valence-electron chi connectivity index (χ4n) is 4.28. The fraction of sp³-hybridized carbons (Fsp3) is 0.167. The Balaban J connectivity index is 2.01. The first-order valence-corrected chi connectivity index (χ1v) is 9.69. The largest absolute Gasteiger partial charge is 0.497 e. The first kappa shape index (κ1) is 19.0. The Morgan fingerprint density at radius 1 is 0.742 bits per heavy atom. The molecular weight excluding hydrogens is 396 g/mol. The maximum atomic E-state index is 13.2. The van der Waals surface area contributed by atoms with Gasteiger partial charge in [-0.3, -0.25) is 14.5 Å². The molecule has 3 aromatic carbocycles. The molecule has 31 heavy (non-hydrogen) atoms. The number of aromatic amines is 1. The van der Waals surface area contributed by atoms with Gasteiger partial charge in [-0.25, -0.2) is 0 Å². The summed E-state index contributed by atoms with van der Waals surface area (Å²) in [6.07, 6.45) is 0. The van der Waals surface area contributed by atoms with E-state index in [0.29, 0.717) is 39.5 Å². The van der Waals surface area contributed by atoms with Crippen LogP contribution in [0.2, 0.25) is 0 Å². The van der Waals surface area contributed by atoms with Gasteiger partial charge in [0.2, 0.25) is 0 Å². The monoisotopic (exact) mass is 416 g/mol. The van der Waals surface area contributed by atoms with E-state index in [2.05, 4.69) is 4.98 Å². The van der Waals surface area contributed by atoms with Gasteiger partial charge in [-0.1, -0.05) is 0 Å². The van der Waals surface area contributed by atoms with E-state index in [1.54, 1.807) is 39.5 Å². The average Bonchev–Trinajstić information content (AvgIpc) is 3.27. The number of nitrogens with one attached hydrogen (secondary N) is 1. The molecular formula is C24H20N2O5. The van der Waals surface area contributed by atoms with E-state index < -0.39 is 0 Å². The lowest BCUT2D eigenvalue weighted by molar-refractivity contribution is 0.0693. The average molecular weight is 416 g/mol. The summed E-state index contributed by atoms with van der Waals surface area (Å²) in [6, 6.07) is 12.9. The number of benzene rings is 3. The predicted octanol–water partition coefficient (Wildman–Crippen LogP) is 4.24. The summed E-state index contributed by atoms with van der Waals surface area (Å²) in [4.78, 5) is 30.5. The lowest BCUT2D eigenvalue weighted by atomic mass is 9.91. The van der Waals surface area contributed by atoms with E-state index >= 15 is 0 Å². The number of hydrogen-bond acceptors (Lipinski definition) is 5. The zero-order valence-electron chi connectivity index (χ0n) is 17.5. The van der Waals surface area contributed by atoms with Gasteiger partial charge in [0.25, 0.3) is 11.8 Å². The molecule has 2 amide bonds. The van der Waals surface area contributed by atoms with Gasteiger partial charge in [-0.05, 0) is 42.5 Å². The maximum Gasteiger partial charge on any atom is 0.261 e. The van der Waals surface area contributed by atoms with Crippen molar-refractivity contribution in [3.63, 3.8) is 0 Å². The van der Waals surface area contributed by atoms with E-state index in [4.69, 9.17) is 14.2 Å². The lowest BCUT2D eigenvalue weighted by Crippen LogP contribution is -2.24. The number of imide groups is 1. The minimum absolute atomic E-state index is 0.332. The third kappa shape index (κ3) is 2.59. The smallest absolute Gasteiger partial charge is 0.261 e. The Morgan fingerprint density at radius 3 is 2.16 bits per heavy atom. The van der Waals surface area contributed by atoms with Gasteiger partial charge in [0.15, 0.2) is 0 Å². The van der Waals surface area contributed by atoms with Gasteiger partial charge in [0, 0.05) is 40.0 Å². The minimum Gasteiger partial charge on any atom is -0.497 e. The Morgan fingerprint density at radius 2 is 1.45 bits per heavy atom. The van der Waals surface area contributed by atoms with Crippen molar-refractivity contribution >= 4 is 33.6 Å². The van der Waals surface area contributed by atoms with Crippen molar-refractivity contribution in [3.8, 4) is 28.4 Å². The number of nitrogens with zero attached hydrogens (tertiary/aromatic N) is 1. The highest BCUT2D eigenvalue weighted by molar-refractivity contribution is 6.30. The number of amides is 2. The minimum atomic E-state index is -0.348. The van der Waals surface area contributed by atoms with Crippen molar-refractivity contribution in [2.75, 3.05) is 28.4 Å². The van der Waals surface area contributed by atoms with E-state index in [1.807, 2.05) is 24.3 Å². The van der Waals surface area contributed by atoms with Crippen LogP contribution in [-0.2, 0) is 0 Å². The van der Waals surface area contributed by atoms with Crippen molar-refractivity contribution in [2.45, 2.75) is 0 Å². The topological polar surface area (TPSA) is 80.9 Å². The molecule has 0 unspecified atom stereocenters. The maximum absolute atomic E-state index is 13.2. The zero-order valence-corrected chi connectivity index (χ0v) is 17.5. The number of fused-ring (bicyclic) bond motifs is 4. The number of carbonyl (C=O) groups is 2. The molecule has 4 aromatic rings. The third-order valence-corrected chi connectivity index (χ3v) is 5.82. The van der Waals surface area contributed by atoms with E-state index in [-0.39, 0.29) is 11.8 Å². The van der Waals surface area contributed by atoms with Crippen molar-refractivity contribution in [3.05, 3.63) is 53.6 Å². The molecule has 0 saturated heterocycles. The Hall–Kier alpha value is -4.00. The van der Waals surface area contributed by atoms with Crippen LogP contribution >= 0.6 is 0 Å². The Kier molecular flexibility index (Phi) is 4.15. The highest BCUT2D eigenvalue weighted by Gasteiger charge is 2.38. The molecule has 0 bridgehead atoms. The molecule has 1 aliphatic heterocycles. The summed E-state index contributed by atoms with van der Waals surface area (Å²) in [6.45, 7) is 0. The van der Waals surface area contributed by atoms with Crippen LogP contribution in [0.5, 0.6) is 17.2 Å². The van der Waals surface area contributed by atoms with Crippen LogP contribution in [0.25, 0.3) is 32.9 Å². The predicted molar refractivity (Wildman–Crippen MR) is 117 cm³/mol. The zero-order chi connectivity index (χ0) is 21.9. The third-order valence-electron chi connectivity index (χ3n) is 5.82. The second-order valence-electron chi connectivity index (χ2n) is 7.37. The molecule has 2 heterocycles. The van der Waals surface area contributed by atoms with Gasteiger partial charge in [0.05, 0.1) is 32.5 Å². The molecule has 1 aliphatic rings. The van der Waals surface area contributed by atoms with Crippen LogP contribution in [0.15, 0.2) is 42.5 Å². The first-order valence-electron chi connectivity index (χ1n) is 9.69. The molecule has 0 radical (unpaired) electrons. The molecule has 0 fully saturated rings. The van der Waals surface area contributed by atoms with Gasteiger partial charge in [-0.15, -0.1) is 0 Å². The van der Waals surface area contributed by atoms with E-state index in [1.165, 1.54) is 7.05 Å². The van der Waals surface area contributed by atoms with Crippen LogP contribution in [0.3, 0.4) is 0 Å². The molecule has 0 saturated carbocycles. The molecule has 1 N–H and O–H groups in total. The summed E-state index contributed by atoms with van der Waals surface area (Å²) in [7, 11) is 6.25. The molecule has 7 heteroatoms. The first-order chi connectivity index (χ1) is 15.0. The fourth-order valence-corrected chi connectivity index (χ4v) is 4.28. The van der Waals surface area contributed by atoms with Crippen LogP contribution in [0.4, 0.5) is 0 Å². The van der Waals surface area contributed by atoms with Crippen LogP contribution < -0.4 is 14.2 Å². The Labute approximate surface area is 178 Å². The summed E-state index contributed by atoms with van der Waals surface area (Å²) in [5.74, 6) is 1.20. The van der Waals surface area contributed by atoms with Crippen LogP contribution in [-0.4, -0.2) is 50.1 Å². The van der Waals surface area contributed by atoms with Gasteiger partial charge >= 0.3 is 0 Å². The van der Waals surface area contributed by atoms with Crippen molar-refractivity contribution < 1.29 is 23.8 Å². The molecule has 0 atom stereocenters. The van der Waals surface area contributed by atoms with Crippen LogP contribution in [0.1, 0.15) is 20.7 Å². The molecule has 0 aliphatic carbocycles. The van der Waals surface area contributed by atoms with Crippen molar-refractivity contribution in [1.82, 2.24) is 9.88 Å². The van der Waals surface area contributed by atoms with Gasteiger partial charge < -0.3 is 19.2 Å². The normalized spacial score (nSPS) is 13.2. The SMILES string of the molecule is COc1ccc(OC)c(-c2c3c(cc4[nH]c5ccc(OC)cc5c24)C(=O)N(C)C3=O)c1. The molecule has 1 aromatic heterocycles. The molecule has 5 rings (SSSR count). The molecule has 156 valence electrons. The summed E-state index contributed by atoms with van der Waals surface area (Å²) in [5.41, 5.74) is 3.64. The van der Waals surface area contributed by atoms with Crippen LogP contribution in [0, 0.1) is 0 Å². The highest BCUT2D eigenvalue weighted by atomic mass is 16.5. The van der Waals surface area contributed by atoms with Gasteiger partial charge in [-0.2, -0.15) is 0 Å². The number of H-pyrrole nitrogens is 1. The number of aromatic nitrogens is 1. The Bertz CT molecular complexity index is 1400. The number of rotatable bonds is 4. The number of methoxy groups -OCH3 is 3. The van der Waals surface area contributed by atoms with Crippen molar-refractivity contribution in [2.24, 2.45) is 0 Å². The van der Waals surface area contributed by atoms with Gasteiger partial charge in [0.1, 0.15) is 17.2 Å². The quantitative estimate of drug-likeness (QED) is 0.504. The number of hydrogen-bond donors (Lipinski definition) is 1. The molecule has 0 spiro atoms. The number of carbonyl (C=O) groups excluding carboxylic acids is 2. The van der Waals surface area contributed by atoms with E-state index in [0.717, 1.165) is 26.7 Å². The highest BCUT2D eigenvalue weighted by Crippen LogP contribution is 2.46.